The molecule has 4 heterocycles. The van der Waals surface area contributed by atoms with Gasteiger partial charge in [0.2, 0.25) is 5.95 Å². The van der Waals surface area contributed by atoms with Gasteiger partial charge in [0.1, 0.15) is 11.6 Å². The highest BCUT2D eigenvalue weighted by atomic mass is 16.5. The van der Waals surface area contributed by atoms with Gasteiger partial charge in [-0.25, -0.2) is 19.9 Å². The molecule has 0 aromatic carbocycles. The molecule has 4 rings (SSSR count). The first-order valence-electron chi connectivity index (χ1n) is 9.33. The van der Waals surface area contributed by atoms with Crippen LogP contribution in [0.5, 0.6) is 0 Å². The Kier molecular flexibility index (Phi) is 4.82. The van der Waals surface area contributed by atoms with Crippen molar-refractivity contribution < 1.29 is 4.74 Å². The van der Waals surface area contributed by atoms with Crippen LogP contribution >= 0.6 is 0 Å². The zero-order valence-corrected chi connectivity index (χ0v) is 15.7. The Bertz CT molecular complexity index is 763. The number of rotatable bonds is 4. The molecule has 2 aliphatic heterocycles. The van der Waals surface area contributed by atoms with Crippen LogP contribution in [0.1, 0.15) is 41.7 Å². The van der Waals surface area contributed by atoms with Gasteiger partial charge in [-0.1, -0.05) is 0 Å². The molecule has 0 amide bonds. The Hall–Kier alpha value is -2.12. The number of nitrogens with one attached hydrogen (secondary N) is 1. The first-order chi connectivity index (χ1) is 12.6. The minimum Gasteiger partial charge on any atom is -0.381 e. The average Bonchev–Trinajstić information content (AvgIpc) is 2.53. The van der Waals surface area contributed by atoms with E-state index < -0.39 is 0 Å². The largest absolute Gasteiger partial charge is 0.381 e. The predicted octanol–water partition coefficient (Wildman–Crippen LogP) is 2.51. The number of hydrogen-bond acceptors (Lipinski definition) is 7. The van der Waals surface area contributed by atoms with E-state index in [-0.39, 0.29) is 0 Å². The van der Waals surface area contributed by atoms with Crippen molar-refractivity contribution in [2.75, 3.05) is 31.6 Å². The smallest absolute Gasteiger partial charge is 0.228 e. The summed E-state index contributed by atoms with van der Waals surface area (Å²) >= 11 is 0. The lowest BCUT2D eigenvalue weighted by molar-refractivity contribution is 0.000338. The van der Waals surface area contributed by atoms with Crippen LogP contribution in [0, 0.1) is 20.8 Å². The van der Waals surface area contributed by atoms with Crippen LogP contribution in [0.2, 0.25) is 0 Å². The molecular formula is C19H26N6O. The second-order valence-electron chi connectivity index (χ2n) is 7.35. The quantitative estimate of drug-likeness (QED) is 0.904. The molecule has 0 aliphatic carbocycles. The maximum atomic E-state index is 5.46. The zero-order valence-electron chi connectivity index (χ0n) is 15.7. The lowest BCUT2D eigenvalue weighted by atomic mass is 9.94. The third-order valence-electron chi connectivity index (χ3n) is 5.08. The van der Waals surface area contributed by atoms with Crippen molar-refractivity contribution in [3.63, 3.8) is 0 Å². The number of hydrogen-bond donors (Lipinski definition) is 1. The molecule has 0 radical (unpaired) electrons. The van der Waals surface area contributed by atoms with Crippen LogP contribution in [0.4, 0.5) is 11.8 Å². The molecule has 2 aliphatic rings. The molecule has 0 bridgehead atoms. The van der Waals surface area contributed by atoms with E-state index in [0.29, 0.717) is 17.9 Å². The standard InChI is InChI=1S/C19H26N6O/c1-12-8-13(2)22-19(21-12)24-17-9-14(3)20-18(23-17)15-10-25(11-15)16-4-6-26-7-5-16/h8-9,15-16H,4-7,10-11H2,1-3H3,(H,20,21,22,23,24). The van der Waals surface area contributed by atoms with Gasteiger partial charge in [-0.2, -0.15) is 0 Å². The minimum atomic E-state index is 0.401. The van der Waals surface area contributed by atoms with Crippen molar-refractivity contribution in [3.8, 4) is 0 Å². The molecule has 2 fully saturated rings. The molecule has 7 heteroatoms. The molecule has 0 spiro atoms. The number of ether oxygens (including phenoxy) is 1. The highest BCUT2D eigenvalue weighted by molar-refractivity contribution is 5.48. The van der Waals surface area contributed by atoms with Crippen molar-refractivity contribution in [2.45, 2.75) is 45.6 Å². The van der Waals surface area contributed by atoms with Crippen molar-refractivity contribution >= 4 is 11.8 Å². The summed E-state index contributed by atoms with van der Waals surface area (Å²) in [6, 6.07) is 4.56. The van der Waals surface area contributed by atoms with Crippen LogP contribution in [-0.2, 0) is 4.74 Å². The first kappa shape index (κ1) is 17.3. The van der Waals surface area contributed by atoms with Crippen LogP contribution in [0.15, 0.2) is 12.1 Å². The van der Waals surface area contributed by atoms with Crippen molar-refractivity contribution in [2.24, 2.45) is 0 Å². The van der Waals surface area contributed by atoms with E-state index in [1.165, 1.54) is 0 Å². The van der Waals surface area contributed by atoms with E-state index in [1.807, 2.05) is 32.9 Å². The van der Waals surface area contributed by atoms with Crippen molar-refractivity contribution in [1.29, 1.82) is 0 Å². The monoisotopic (exact) mass is 354 g/mol. The van der Waals surface area contributed by atoms with Gasteiger partial charge >= 0.3 is 0 Å². The highest BCUT2D eigenvalue weighted by Crippen LogP contribution is 2.30. The summed E-state index contributed by atoms with van der Waals surface area (Å²) in [4.78, 5) is 20.8. The molecule has 0 atom stereocenters. The van der Waals surface area contributed by atoms with E-state index in [9.17, 15) is 0 Å². The maximum Gasteiger partial charge on any atom is 0.228 e. The lowest BCUT2D eigenvalue weighted by Crippen LogP contribution is -2.52. The lowest BCUT2D eigenvalue weighted by Gasteiger charge is -2.45. The normalized spacial score (nSPS) is 19.3. The van der Waals surface area contributed by atoms with Gasteiger partial charge in [0.25, 0.3) is 0 Å². The van der Waals surface area contributed by atoms with Gasteiger partial charge in [0.05, 0.1) is 0 Å². The Morgan fingerprint density at radius 1 is 0.923 bits per heavy atom. The topological polar surface area (TPSA) is 76.1 Å². The first-order valence-corrected chi connectivity index (χ1v) is 9.33. The maximum absolute atomic E-state index is 5.46. The fourth-order valence-electron chi connectivity index (χ4n) is 3.76. The summed E-state index contributed by atoms with van der Waals surface area (Å²) in [5.74, 6) is 2.67. The number of likely N-dealkylation sites (tertiary alicyclic amines) is 1. The molecule has 7 nitrogen and oxygen atoms in total. The van der Waals surface area contributed by atoms with Gasteiger partial charge in [-0.05, 0) is 39.7 Å². The van der Waals surface area contributed by atoms with Gasteiger partial charge < -0.3 is 10.1 Å². The van der Waals surface area contributed by atoms with Crippen LogP contribution < -0.4 is 5.32 Å². The van der Waals surface area contributed by atoms with E-state index in [2.05, 4.69) is 25.2 Å². The molecular weight excluding hydrogens is 328 g/mol. The molecule has 1 N–H and O–H groups in total. The van der Waals surface area contributed by atoms with E-state index in [0.717, 1.165) is 67.9 Å². The van der Waals surface area contributed by atoms with Crippen LogP contribution in [0.3, 0.4) is 0 Å². The van der Waals surface area contributed by atoms with E-state index in [4.69, 9.17) is 9.72 Å². The Morgan fingerprint density at radius 3 is 2.27 bits per heavy atom. The van der Waals surface area contributed by atoms with Gasteiger partial charge in [0.15, 0.2) is 0 Å². The molecule has 2 aromatic rings. The van der Waals surface area contributed by atoms with E-state index in [1.54, 1.807) is 0 Å². The number of aromatic nitrogens is 4. The molecule has 0 unspecified atom stereocenters. The molecule has 2 saturated heterocycles. The summed E-state index contributed by atoms with van der Waals surface area (Å²) in [5.41, 5.74) is 2.85. The molecule has 0 saturated carbocycles. The summed E-state index contributed by atoms with van der Waals surface area (Å²) in [6.45, 7) is 9.79. The summed E-state index contributed by atoms with van der Waals surface area (Å²) in [7, 11) is 0. The van der Waals surface area contributed by atoms with Crippen molar-refractivity contribution in [3.05, 3.63) is 35.0 Å². The molecule has 26 heavy (non-hydrogen) atoms. The summed E-state index contributed by atoms with van der Waals surface area (Å²) in [6.07, 6.45) is 2.27. The number of anilines is 2. The highest BCUT2D eigenvalue weighted by Gasteiger charge is 2.35. The van der Waals surface area contributed by atoms with Gasteiger partial charge in [-0.15, -0.1) is 0 Å². The summed E-state index contributed by atoms with van der Waals surface area (Å²) in [5, 5.41) is 3.24. The third-order valence-corrected chi connectivity index (χ3v) is 5.08. The van der Waals surface area contributed by atoms with Gasteiger partial charge in [0, 0.05) is 61.4 Å². The summed E-state index contributed by atoms with van der Waals surface area (Å²) < 4.78 is 5.46. The fraction of sp³-hybridized carbons (Fsp3) is 0.579. The van der Waals surface area contributed by atoms with Crippen molar-refractivity contribution in [1.82, 2.24) is 24.8 Å². The Balaban J connectivity index is 1.45. The average molecular weight is 354 g/mol. The minimum absolute atomic E-state index is 0.401. The van der Waals surface area contributed by atoms with Crippen LogP contribution in [0.25, 0.3) is 0 Å². The van der Waals surface area contributed by atoms with Gasteiger partial charge in [-0.3, -0.25) is 4.90 Å². The Labute approximate surface area is 154 Å². The SMILES string of the molecule is Cc1cc(C)nc(Nc2cc(C)nc(C3CN(C4CCOCC4)C3)n2)n1. The number of nitrogens with zero attached hydrogens (tertiary/aromatic N) is 5. The predicted molar refractivity (Wildman–Crippen MR) is 99.7 cm³/mol. The van der Waals surface area contributed by atoms with Crippen LogP contribution in [-0.4, -0.2) is 57.2 Å². The number of aryl methyl sites for hydroxylation is 3. The molecule has 2 aromatic heterocycles. The molecule has 138 valence electrons. The Morgan fingerprint density at radius 2 is 1.58 bits per heavy atom. The zero-order chi connectivity index (χ0) is 18.1. The second kappa shape index (κ2) is 7.25. The second-order valence-corrected chi connectivity index (χ2v) is 7.35. The third kappa shape index (κ3) is 3.83. The fourth-order valence-corrected chi connectivity index (χ4v) is 3.76. The van der Waals surface area contributed by atoms with E-state index >= 15 is 0 Å².